The van der Waals surface area contributed by atoms with Crippen LogP contribution in [0.25, 0.3) is 0 Å². The third-order valence-corrected chi connectivity index (χ3v) is 4.88. The summed E-state index contributed by atoms with van der Waals surface area (Å²) in [5.41, 5.74) is 0. The highest BCUT2D eigenvalue weighted by atomic mass is 127. The molecule has 2 fully saturated rings. The van der Waals surface area contributed by atoms with E-state index in [0.29, 0.717) is 38.1 Å². The van der Waals surface area contributed by atoms with E-state index in [1.54, 1.807) is 11.8 Å². The Balaban J connectivity index is 0.00000392. The minimum Gasteiger partial charge on any atom is -0.450 e. The first-order valence-electron chi connectivity index (χ1n) is 10.00. The van der Waals surface area contributed by atoms with Crippen molar-refractivity contribution in [2.75, 3.05) is 39.3 Å². The quantitative estimate of drug-likeness (QED) is 0.249. The molecule has 1 aliphatic heterocycles. The highest BCUT2D eigenvalue weighted by molar-refractivity contribution is 14.0. The smallest absolute Gasteiger partial charge is 0.407 e. The van der Waals surface area contributed by atoms with Crippen LogP contribution in [0.5, 0.6) is 0 Å². The number of amides is 1. The summed E-state index contributed by atoms with van der Waals surface area (Å²) in [6, 6.07) is 0.196. The van der Waals surface area contributed by atoms with Gasteiger partial charge in [0, 0.05) is 25.7 Å². The van der Waals surface area contributed by atoms with E-state index in [1.165, 1.54) is 0 Å². The minimum absolute atomic E-state index is 0. The molecule has 0 aromatic rings. The summed E-state index contributed by atoms with van der Waals surface area (Å²) in [4.78, 5) is 18.2. The molecule has 0 radical (unpaired) electrons. The second kappa shape index (κ2) is 13.3. The molecule has 1 saturated heterocycles. The summed E-state index contributed by atoms with van der Waals surface area (Å²) in [6.45, 7) is 6.53. The number of ether oxygens (including phenoxy) is 1. The molecule has 1 saturated carbocycles. The number of hydrogen-bond donors (Lipinski definition) is 3. The van der Waals surface area contributed by atoms with Crippen molar-refractivity contribution in [1.29, 1.82) is 0 Å². The Kier molecular flexibility index (Phi) is 12.0. The van der Waals surface area contributed by atoms with Crippen molar-refractivity contribution in [2.24, 2.45) is 10.9 Å². The van der Waals surface area contributed by atoms with Crippen LogP contribution in [-0.4, -0.2) is 74.8 Å². The first kappa shape index (κ1) is 25.1. The predicted octanol–water partition coefficient (Wildman–Crippen LogP) is 2.41. The van der Waals surface area contributed by atoms with Crippen molar-refractivity contribution in [3.8, 4) is 0 Å². The maximum Gasteiger partial charge on any atom is 0.407 e. The third-order valence-electron chi connectivity index (χ3n) is 4.88. The minimum atomic E-state index is -2.28. The zero-order valence-electron chi connectivity index (χ0n) is 16.8. The third kappa shape index (κ3) is 9.53. The van der Waals surface area contributed by atoms with Gasteiger partial charge in [-0.25, -0.2) is 13.6 Å². The molecule has 164 valence electrons. The van der Waals surface area contributed by atoms with Crippen LogP contribution in [0.4, 0.5) is 13.6 Å². The average molecular weight is 517 g/mol. The molecule has 28 heavy (non-hydrogen) atoms. The summed E-state index contributed by atoms with van der Waals surface area (Å²) in [7, 11) is 0. The maximum absolute atomic E-state index is 12.5. The first-order valence-corrected chi connectivity index (χ1v) is 10.00. The standard InChI is InChI=1S/C18H33F2N5O2.HI/c1-3-21-17(23-14-7-9-25(10-8-14)12-16(19)20)22-11-15(13-5-6-13)24-18(26)27-4-2;/h13-16H,3-12H2,1-2H3,(H,24,26)(H2,21,22,23);1H. The van der Waals surface area contributed by atoms with Gasteiger partial charge in [0.05, 0.1) is 25.7 Å². The molecule has 0 spiro atoms. The van der Waals surface area contributed by atoms with Crippen LogP contribution in [0.3, 0.4) is 0 Å². The second-order valence-electron chi connectivity index (χ2n) is 7.14. The van der Waals surface area contributed by atoms with Crippen molar-refractivity contribution < 1.29 is 18.3 Å². The van der Waals surface area contributed by atoms with Gasteiger partial charge in [0.15, 0.2) is 5.96 Å². The van der Waals surface area contributed by atoms with Gasteiger partial charge in [0.2, 0.25) is 0 Å². The normalized spacial score (nSPS) is 19.7. The molecular weight excluding hydrogens is 483 g/mol. The molecule has 1 amide bonds. The van der Waals surface area contributed by atoms with Gasteiger partial charge < -0.3 is 20.7 Å². The highest BCUT2D eigenvalue weighted by Crippen LogP contribution is 2.32. The number of nitrogens with one attached hydrogen (secondary N) is 3. The number of likely N-dealkylation sites (tertiary alicyclic amines) is 1. The van der Waals surface area contributed by atoms with Gasteiger partial charge in [-0.1, -0.05) is 0 Å². The largest absolute Gasteiger partial charge is 0.450 e. The van der Waals surface area contributed by atoms with Crippen LogP contribution >= 0.6 is 24.0 Å². The van der Waals surface area contributed by atoms with Crippen molar-refractivity contribution in [3.63, 3.8) is 0 Å². The van der Waals surface area contributed by atoms with Crippen LogP contribution in [0.2, 0.25) is 0 Å². The molecule has 10 heteroatoms. The number of alkyl carbamates (subject to hydrolysis) is 1. The molecule has 0 bridgehead atoms. The number of hydrogen-bond acceptors (Lipinski definition) is 4. The van der Waals surface area contributed by atoms with Gasteiger partial charge in [0.25, 0.3) is 6.43 Å². The van der Waals surface area contributed by atoms with E-state index in [2.05, 4.69) is 20.9 Å². The maximum atomic E-state index is 12.5. The molecule has 7 nitrogen and oxygen atoms in total. The summed E-state index contributed by atoms with van der Waals surface area (Å²) < 4.78 is 29.9. The van der Waals surface area contributed by atoms with Crippen molar-refractivity contribution in [1.82, 2.24) is 20.9 Å². The predicted molar refractivity (Wildman–Crippen MR) is 117 cm³/mol. The lowest BCUT2D eigenvalue weighted by atomic mass is 10.1. The molecule has 2 rings (SSSR count). The number of carbonyl (C=O) groups is 1. The number of guanidine groups is 1. The van der Waals surface area contributed by atoms with Crippen LogP contribution in [0.1, 0.15) is 39.5 Å². The molecular formula is C18H34F2IN5O2. The fourth-order valence-electron chi connectivity index (χ4n) is 3.29. The summed E-state index contributed by atoms with van der Waals surface area (Å²) >= 11 is 0. The van der Waals surface area contributed by atoms with E-state index < -0.39 is 12.5 Å². The zero-order chi connectivity index (χ0) is 19.6. The Hall–Kier alpha value is -0.910. The fraction of sp³-hybridized carbons (Fsp3) is 0.889. The SMILES string of the molecule is CCNC(=NCC(NC(=O)OCC)C1CC1)NC1CCN(CC(F)F)CC1.I. The number of carbonyl (C=O) groups excluding carboxylic acids is 1. The number of halogens is 3. The Morgan fingerprint density at radius 1 is 1.21 bits per heavy atom. The van der Waals surface area contributed by atoms with Crippen LogP contribution in [-0.2, 0) is 4.74 Å². The molecule has 2 aliphatic rings. The van der Waals surface area contributed by atoms with Gasteiger partial charge in [-0.2, -0.15) is 0 Å². The van der Waals surface area contributed by atoms with Gasteiger partial charge in [-0.3, -0.25) is 9.89 Å². The lowest BCUT2D eigenvalue weighted by Gasteiger charge is -2.32. The Morgan fingerprint density at radius 3 is 2.43 bits per heavy atom. The Morgan fingerprint density at radius 2 is 1.89 bits per heavy atom. The fourth-order valence-corrected chi connectivity index (χ4v) is 3.29. The molecule has 1 unspecified atom stereocenters. The zero-order valence-corrected chi connectivity index (χ0v) is 19.1. The lowest BCUT2D eigenvalue weighted by molar-refractivity contribution is 0.0744. The highest BCUT2D eigenvalue weighted by Gasteiger charge is 2.32. The molecule has 0 aromatic heterocycles. The number of alkyl halides is 2. The summed E-state index contributed by atoms with van der Waals surface area (Å²) in [6.07, 6.45) is 1.14. The molecule has 3 N–H and O–H groups in total. The van der Waals surface area contributed by atoms with Crippen molar-refractivity contribution in [2.45, 2.75) is 58.0 Å². The van der Waals surface area contributed by atoms with Gasteiger partial charge in [0.1, 0.15) is 0 Å². The second-order valence-corrected chi connectivity index (χ2v) is 7.14. The molecule has 1 heterocycles. The van der Waals surface area contributed by atoms with Gasteiger partial charge in [-0.05, 0) is 45.4 Å². The van der Waals surface area contributed by atoms with Crippen LogP contribution in [0.15, 0.2) is 4.99 Å². The monoisotopic (exact) mass is 517 g/mol. The Bertz CT molecular complexity index is 487. The van der Waals surface area contributed by atoms with E-state index in [-0.39, 0.29) is 42.6 Å². The van der Waals surface area contributed by atoms with E-state index in [4.69, 9.17) is 4.74 Å². The van der Waals surface area contributed by atoms with E-state index in [1.807, 2.05) is 6.92 Å². The van der Waals surface area contributed by atoms with Crippen molar-refractivity contribution >= 4 is 36.0 Å². The summed E-state index contributed by atoms with van der Waals surface area (Å²) in [5, 5.41) is 9.54. The average Bonchev–Trinajstić information content (AvgIpc) is 3.45. The van der Waals surface area contributed by atoms with Gasteiger partial charge >= 0.3 is 6.09 Å². The first-order chi connectivity index (χ1) is 13.0. The van der Waals surface area contributed by atoms with Crippen LogP contribution in [0, 0.1) is 5.92 Å². The summed E-state index contributed by atoms with van der Waals surface area (Å²) in [5.74, 6) is 1.17. The van der Waals surface area contributed by atoms with Gasteiger partial charge in [-0.15, -0.1) is 24.0 Å². The van der Waals surface area contributed by atoms with E-state index >= 15 is 0 Å². The topological polar surface area (TPSA) is 78.0 Å². The number of aliphatic imine (C=N–C) groups is 1. The Labute approximate surface area is 183 Å². The van der Waals surface area contributed by atoms with Crippen molar-refractivity contribution in [3.05, 3.63) is 0 Å². The molecule has 1 atom stereocenters. The van der Waals surface area contributed by atoms with E-state index in [0.717, 1.165) is 32.2 Å². The van der Waals surface area contributed by atoms with Crippen LogP contribution < -0.4 is 16.0 Å². The number of nitrogens with zero attached hydrogens (tertiary/aromatic N) is 2. The van der Waals surface area contributed by atoms with E-state index in [9.17, 15) is 13.6 Å². The molecule has 0 aromatic carbocycles. The number of piperidine rings is 1. The lowest BCUT2D eigenvalue weighted by Crippen LogP contribution is -2.49. The number of rotatable bonds is 9. The molecule has 1 aliphatic carbocycles.